The summed E-state index contributed by atoms with van der Waals surface area (Å²) in [5, 5.41) is 0. The molecule has 0 aromatic heterocycles. The summed E-state index contributed by atoms with van der Waals surface area (Å²) in [4.78, 5) is 0. The summed E-state index contributed by atoms with van der Waals surface area (Å²) in [5.41, 5.74) is 0. The summed E-state index contributed by atoms with van der Waals surface area (Å²) >= 11 is 0. The minimum Gasteiger partial charge on any atom is -0.357 e. The number of hydrogen-bond acceptors (Lipinski definition) is 0. The van der Waals surface area contributed by atoms with Crippen LogP contribution < -0.4 is 0 Å². The van der Waals surface area contributed by atoms with Crippen LogP contribution in [0.25, 0.3) is 0 Å². The number of rotatable bonds is 1. The van der Waals surface area contributed by atoms with Crippen LogP contribution in [0.1, 0.15) is 26.2 Å². The zero-order valence-corrected chi connectivity index (χ0v) is 25.3. The normalized spacial score (nSPS) is 16.8. The first-order valence-corrected chi connectivity index (χ1v) is 3.06. The summed E-state index contributed by atoms with van der Waals surface area (Å²) in [6.07, 6.45) is 8.84. The average Bonchev–Trinajstić information content (AvgIpc) is 2.14. The molecule has 1 fully saturated rings. The molecule has 0 aromatic carbocycles. The van der Waals surface area contributed by atoms with Crippen molar-refractivity contribution >= 4 is 0 Å². The van der Waals surface area contributed by atoms with Gasteiger partial charge in [0.05, 0.1) is 0 Å². The van der Waals surface area contributed by atoms with Crippen molar-refractivity contribution in [2.45, 2.75) is 26.2 Å². The van der Waals surface area contributed by atoms with Crippen molar-refractivity contribution in [1.82, 2.24) is 0 Å². The Hall–Kier alpha value is 6.62. The predicted octanol–water partition coefficient (Wildman–Crippen LogP) is 2.20. The first-order chi connectivity index (χ1) is 3.43. The fourth-order valence-electron chi connectivity index (χ4n) is 1.11. The first kappa shape index (κ1) is 36.7. The van der Waals surface area contributed by atoms with Crippen LogP contribution in [-0.4, -0.2) is 0 Å². The average molecular weight is 630 g/mol. The van der Waals surface area contributed by atoms with Gasteiger partial charge in [-0.2, -0.15) is 13.3 Å². The van der Waals surface area contributed by atoms with E-state index in [4.69, 9.17) is 0 Å². The molecule has 0 spiro atoms. The van der Waals surface area contributed by atoms with E-state index in [-0.39, 0.29) is 196 Å². The summed E-state index contributed by atoms with van der Waals surface area (Å²) < 4.78 is 0. The van der Waals surface area contributed by atoms with Crippen LogP contribution in [0.2, 0.25) is 0 Å². The fraction of sp³-hybridized carbons (Fsp3) is 0.714. The topological polar surface area (TPSA) is 0 Å². The monoisotopic (exact) mass is 630 g/mol. The molecule has 1 aliphatic carbocycles. The molecule has 0 nitrogen and oxygen atoms in total. The van der Waals surface area contributed by atoms with E-state index >= 15 is 0 Å². The molecule has 1 atom stereocenters. The van der Waals surface area contributed by atoms with Crippen LogP contribution >= 0.6 is 0 Å². The van der Waals surface area contributed by atoms with Crippen molar-refractivity contribution in [2.24, 2.45) is 5.92 Å². The fourth-order valence-corrected chi connectivity index (χ4v) is 1.11. The zero-order chi connectivity index (χ0) is 5.11. The van der Waals surface area contributed by atoms with Crippen molar-refractivity contribution < 1.29 is 196 Å². The molecule has 1 aliphatic rings. The minimum absolute atomic E-state index is 0. The van der Waals surface area contributed by atoms with Crippen molar-refractivity contribution in [3.8, 4) is 0 Å². The van der Waals surface area contributed by atoms with Crippen LogP contribution in [-0.2, 0) is 196 Å². The molecular weight excluding hydrogens is 618 g/mol. The molecule has 1 unspecified atom stereocenters. The van der Waals surface area contributed by atoms with Gasteiger partial charge in [-0.15, -0.1) is 6.42 Å². The second-order valence-corrected chi connectivity index (χ2v) is 2.16. The third-order valence-electron chi connectivity index (χ3n) is 1.64. The van der Waals surface area contributed by atoms with E-state index in [1.165, 1.54) is 19.3 Å². The van der Waals surface area contributed by atoms with Gasteiger partial charge < -0.3 is 12.8 Å². The summed E-state index contributed by atoms with van der Waals surface area (Å²) in [6.45, 7) is 2.15. The molecule has 0 bridgehead atoms. The van der Waals surface area contributed by atoms with Gasteiger partial charge in [-0.05, 0) is 0 Å². The SMILES string of the molecule is C[CH-]C1[CH-]CCC1.[Y].[Y].[Y].[Y].[Y].[Y]. The first-order valence-electron chi connectivity index (χ1n) is 3.06. The van der Waals surface area contributed by atoms with Crippen LogP contribution in [0.15, 0.2) is 0 Å². The van der Waals surface area contributed by atoms with Gasteiger partial charge in [0.2, 0.25) is 0 Å². The molecule has 6 heteroatoms. The van der Waals surface area contributed by atoms with E-state index in [0.29, 0.717) is 0 Å². The zero-order valence-electron chi connectivity index (χ0n) is 8.32. The summed E-state index contributed by atoms with van der Waals surface area (Å²) in [5.74, 6) is 0.847. The van der Waals surface area contributed by atoms with E-state index < -0.39 is 0 Å². The molecular formula is C7H12Y6-2. The summed E-state index contributed by atoms with van der Waals surface area (Å²) in [6, 6.07) is 0. The van der Waals surface area contributed by atoms with Gasteiger partial charge in [0.1, 0.15) is 0 Å². The largest absolute Gasteiger partial charge is 0.357 e. The second-order valence-electron chi connectivity index (χ2n) is 2.16. The van der Waals surface area contributed by atoms with Gasteiger partial charge in [0.25, 0.3) is 0 Å². The van der Waals surface area contributed by atoms with Crippen molar-refractivity contribution in [2.75, 3.05) is 0 Å². The van der Waals surface area contributed by atoms with E-state index in [1.807, 2.05) is 0 Å². The molecule has 1 rings (SSSR count). The Morgan fingerprint density at radius 2 is 1.46 bits per heavy atom. The summed E-state index contributed by atoms with van der Waals surface area (Å²) in [7, 11) is 0. The van der Waals surface area contributed by atoms with Crippen LogP contribution in [0.3, 0.4) is 0 Å². The quantitative estimate of drug-likeness (QED) is 0.391. The maximum atomic E-state index is 2.40. The Labute approximate surface area is 234 Å². The Morgan fingerprint density at radius 3 is 1.62 bits per heavy atom. The van der Waals surface area contributed by atoms with Crippen LogP contribution in [0.4, 0.5) is 0 Å². The molecule has 0 aliphatic heterocycles. The minimum atomic E-state index is 0. The molecule has 0 aromatic rings. The Morgan fingerprint density at radius 1 is 1.00 bits per heavy atom. The molecule has 0 saturated heterocycles. The van der Waals surface area contributed by atoms with Crippen LogP contribution in [0, 0.1) is 18.8 Å². The Kier molecular flexibility index (Phi) is 76.3. The Balaban J connectivity index is -0.0000000204. The maximum absolute atomic E-state index is 2.40. The van der Waals surface area contributed by atoms with E-state index in [2.05, 4.69) is 19.8 Å². The van der Waals surface area contributed by atoms with E-state index in [9.17, 15) is 0 Å². The molecule has 0 heterocycles. The molecule has 0 amide bonds. The third-order valence-corrected chi connectivity index (χ3v) is 1.64. The number of hydrogen-bond donors (Lipinski definition) is 0. The van der Waals surface area contributed by atoms with Crippen molar-refractivity contribution in [3.63, 3.8) is 0 Å². The standard InChI is InChI=1S/C7H12.6Y/c1-2-7-5-3-4-6-7;;;;;;/h2,5,7H,3-4,6H2,1H3;;;;;;/q-2;;;;;;. The smallest absolute Gasteiger partial charge is 0 e. The molecule has 1 saturated carbocycles. The third kappa shape index (κ3) is 21.1. The van der Waals surface area contributed by atoms with E-state index in [0.717, 1.165) is 5.92 Å². The van der Waals surface area contributed by atoms with Gasteiger partial charge >= 0.3 is 0 Å². The molecule has 60 valence electrons. The predicted molar refractivity (Wildman–Crippen MR) is 31.6 cm³/mol. The van der Waals surface area contributed by atoms with Gasteiger partial charge in [-0.25, -0.2) is 0 Å². The molecule has 6 radical (unpaired) electrons. The molecule has 0 N–H and O–H groups in total. The molecule has 13 heavy (non-hydrogen) atoms. The second kappa shape index (κ2) is 27.0. The van der Waals surface area contributed by atoms with Crippen LogP contribution in [0.5, 0.6) is 0 Å². The van der Waals surface area contributed by atoms with Gasteiger partial charge in [0, 0.05) is 196 Å². The van der Waals surface area contributed by atoms with Gasteiger partial charge in [0.15, 0.2) is 0 Å². The maximum Gasteiger partial charge on any atom is 0 e. The van der Waals surface area contributed by atoms with Crippen molar-refractivity contribution in [3.05, 3.63) is 12.8 Å². The van der Waals surface area contributed by atoms with Gasteiger partial charge in [-0.3, -0.25) is 5.92 Å². The van der Waals surface area contributed by atoms with Gasteiger partial charge in [-0.1, -0.05) is 6.42 Å². The van der Waals surface area contributed by atoms with E-state index in [1.54, 1.807) is 0 Å². The Bertz CT molecular complexity index is 54.9. The van der Waals surface area contributed by atoms with Crippen molar-refractivity contribution in [1.29, 1.82) is 0 Å².